The average molecular weight is 409 g/mol. The normalized spacial score (nSPS) is 15.2. The summed E-state index contributed by atoms with van der Waals surface area (Å²) >= 11 is 0. The minimum atomic E-state index is -3.60. The van der Waals surface area contributed by atoms with E-state index in [1.54, 1.807) is 6.92 Å². The van der Waals surface area contributed by atoms with Gasteiger partial charge in [0.05, 0.1) is 23.8 Å². The summed E-state index contributed by atoms with van der Waals surface area (Å²) in [5.74, 6) is -1.47. The molecule has 0 atom stereocenters. The SMILES string of the molecule is Cc1cc(C(=O)OCC(=O)Nc2ccc(S(=O)(=O)N3CCOCC3)cc2)on1. The number of aryl methyl sites for hydroxylation is 1. The average Bonchev–Trinajstić information content (AvgIpc) is 3.14. The van der Waals surface area contributed by atoms with Gasteiger partial charge in [0.1, 0.15) is 0 Å². The van der Waals surface area contributed by atoms with Crippen LogP contribution in [0.4, 0.5) is 5.69 Å². The number of hydrogen-bond donors (Lipinski definition) is 1. The zero-order chi connectivity index (χ0) is 20.1. The lowest BCUT2D eigenvalue weighted by molar-refractivity contribution is -0.119. The van der Waals surface area contributed by atoms with Crippen molar-refractivity contribution in [2.45, 2.75) is 11.8 Å². The van der Waals surface area contributed by atoms with Crippen LogP contribution in [0, 0.1) is 6.92 Å². The third kappa shape index (κ3) is 4.74. The van der Waals surface area contributed by atoms with E-state index >= 15 is 0 Å². The van der Waals surface area contributed by atoms with Gasteiger partial charge in [-0.15, -0.1) is 0 Å². The number of nitrogens with one attached hydrogen (secondary N) is 1. The molecule has 2 aromatic rings. The summed E-state index contributed by atoms with van der Waals surface area (Å²) in [6.45, 7) is 2.45. The number of anilines is 1. The summed E-state index contributed by atoms with van der Waals surface area (Å²) in [5.41, 5.74) is 0.890. The molecule has 10 nitrogen and oxygen atoms in total. The van der Waals surface area contributed by atoms with Crippen LogP contribution >= 0.6 is 0 Å². The summed E-state index contributed by atoms with van der Waals surface area (Å²) in [6, 6.07) is 7.14. The van der Waals surface area contributed by atoms with Crippen LogP contribution in [0.2, 0.25) is 0 Å². The molecular formula is C17H19N3O7S. The van der Waals surface area contributed by atoms with Crippen molar-refractivity contribution in [2.24, 2.45) is 0 Å². The zero-order valence-corrected chi connectivity index (χ0v) is 15.9. The molecule has 0 spiro atoms. The van der Waals surface area contributed by atoms with Crippen molar-refractivity contribution in [3.05, 3.63) is 41.8 Å². The molecule has 1 N–H and O–H groups in total. The maximum Gasteiger partial charge on any atom is 0.377 e. The molecule has 1 aromatic heterocycles. The molecule has 1 fully saturated rings. The molecule has 1 aliphatic heterocycles. The first-order chi connectivity index (χ1) is 13.4. The number of amides is 1. The monoisotopic (exact) mass is 409 g/mol. The number of rotatable bonds is 6. The van der Waals surface area contributed by atoms with E-state index in [-0.39, 0.29) is 10.7 Å². The van der Waals surface area contributed by atoms with Crippen molar-refractivity contribution in [1.82, 2.24) is 9.46 Å². The van der Waals surface area contributed by atoms with E-state index in [2.05, 4.69) is 10.5 Å². The number of sulfonamides is 1. The first kappa shape index (κ1) is 20.0. The molecule has 3 rings (SSSR count). The van der Waals surface area contributed by atoms with Crippen molar-refractivity contribution < 1.29 is 32.0 Å². The van der Waals surface area contributed by atoms with Crippen LogP contribution in [0.25, 0.3) is 0 Å². The molecule has 0 saturated carbocycles. The third-order valence-electron chi connectivity index (χ3n) is 3.91. The van der Waals surface area contributed by atoms with Crippen LogP contribution in [0.15, 0.2) is 39.8 Å². The van der Waals surface area contributed by atoms with Gasteiger partial charge >= 0.3 is 5.97 Å². The lowest BCUT2D eigenvalue weighted by atomic mass is 10.3. The highest BCUT2D eigenvalue weighted by atomic mass is 32.2. The smallest absolute Gasteiger partial charge is 0.377 e. The van der Waals surface area contributed by atoms with Gasteiger partial charge in [0.2, 0.25) is 15.8 Å². The Bertz CT molecular complexity index is 947. The van der Waals surface area contributed by atoms with E-state index in [0.717, 1.165) is 0 Å². The first-order valence-corrected chi connectivity index (χ1v) is 9.88. The molecule has 11 heteroatoms. The van der Waals surface area contributed by atoms with Crippen molar-refractivity contribution in [1.29, 1.82) is 0 Å². The predicted molar refractivity (Wildman–Crippen MR) is 96.2 cm³/mol. The number of aromatic nitrogens is 1. The largest absolute Gasteiger partial charge is 0.450 e. The number of carbonyl (C=O) groups is 2. The zero-order valence-electron chi connectivity index (χ0n) is 15.1. The Morgan fingerprint density at radius 3 is 2.50 bits per heavy atom. The highest BCUT2D eigenvalue weighted by Gasteiger charge is 2.26. The topological polar surface area (TPSA) is 128 Å². The second-order valence-electron chi connectivity index (χ2n) is 6.00. The summed E-state index contributed by atoms with van der Waals surface area (Å²) < 4.78 is 41.2. The van der Waals surface area contributed by atoms with Gasteiger partial charge in [-0.3, -0.25) is 4.79 Å². The highest BCUT2D eigenvalue weighted by molar-refractivity contribution is 7.89. The van der Waals surface area contributed by atoms with Crippen molar-refractivity contribution in [3.63, 3.8) is 0 Å². The maximum atomic E-state index is 12.5. The molecule has 1 amide bonds. The van der Waals surface area contributed by atoms with Gasteiger partial charge in [-0.2, -0.15) is 4.31 Å². The van der Waals surface area contributed by atoms with E-state index in [0.29, 0.717) is 37.7 Å². The molecule has 0 aliphatic carbocycles. The maximum absolute atomic E-state index is 12.5. The van der Waals surface area contributed by atoms with E-state index in [1.165, 1.54) is 34.6 Å². The summed E-state index contributed by atoms with van der Waals surface area (Å²) in [7, 11) is -3.60. The van der Waals surface area contributed by atoms with E-state index in [9.17, 15) is 18.0 Å². The molecule has 0 unspecified atom stereocenters. The molecule has 28 heavy (non-hydrogen) atoms. The van der Waals surface area contributed by atoms with E-state index < -0.39 is 28.5 Å². The summed E-state index contributed by atoms with van der Waals surface area (Å²) in [4.78, 5) is 23.7. The second kappa shape index (κ2) is 8.50. The van der Waals surface area contributed by atoms with E-state index in [4.69, 9.17) is 14.0 Å². The number of esters is 1. The Hall–Kier alpha value is -2.76. The number of nitrogens with zero attached hydrogens (tertiary/aromatic N) is 2. The van der Waals surface area contributed by atoms with Crippen LogP contribution in [0.5, 0.6) is 0 Å². The molecule has 150 valence electrons. The van der Waals surface area contributed by atoms with Crippen LogP contribution in [0.1, 0.15) is 16.2 Å². The van der Waals surface area contributed by atoms with Gasteiger partial charge in [-0.05, 0) is 31.2 Å². The highest BCUT2D eigenvalue weighted by Crippen LogP contribution is 2.19. The Morgan fingerprint density at radius 1 is 1.21 bits per heavy atom. The lowest BCUT2D eigenvalue weighted by Gasteiger charge is -2.26. The number of hydrogen-bond acceptors (Lipinski definition) is 8. The fraction of sp³-hybridized carbons (Fsp3) is 0.353. The lowest BCUT2D eigenvalue weighted by Crippen LogP contribution is -2.40. The number of carbonyl (C=O) groups excluding carboxylic acids is 2. The molecule has 0 bridgehead atoms. The number of morpholine rings is 1. The van der Waals surface area contributed by atoms with Gasteiger partial charge in [0.15, 0.2) is 6.61 Å². The second-order valence-corrected chi connectivity index (χ2v) is 7.94. The number of benzene rings is 1. The van der Waals surface area contributed by atoms with Crippen molar-refractivity contribution in [3.8, 4) is 0 Å². The molecule has 0 radical (unpaired) electrons. The van der Waals surface area contributed by atoms with Crippen molar-refractivity contribution in [2.75, 3.05) is 38.2 Å². The summed E-state index contributed by atoms with van der Waals surface area (Å²) in [6.07, 6.45) is 0. The van der Waals surface area contributed by atoms with Crippen LogP contribution in [-0.2, 0) is 24.3 Å². The predicted octanol–water partition coefficient (Wildman–Crippen LogP) is 0.799. The Morgan fingerprint density at radius 2 is 1.89 bits per heavy atom. The number of ether oxygens (including phenoxy) is 2. The Balaban J connectivity index is 1.55. The molecule has 2 heterocycles. The molecule has 1 saturated heterocycles. The first-order valence-electron chi connectivity index (χ1n) is 8.44. The van der Waals surface area contributed by atoms with Gasteiger partial charge in [0, 0.05) is 24.8 Å². The van der Waals surface area contributed by atoms with Gasteiger partial charge in [-0.25, -0.2) is 13.2 Å². The minimum Gasteiger partial charge on any atom is -0.450 e. The van der Waals surface area contributed by atoms with Gasteiger partial charge in [0.25, 0.3) is 5.91 Å². The minimum absolute atomic E-state index is 0.0945. The van der Waals surface area contributed by atoms with Gasteiger partial charge < -0.3 is 19.3 Å². The molecule has 1 aromatic carbocycles. The Labute approximate surface area is 161 Å². The van der Waals surface area contributed by atoms with Crippen LogP contribution in [0.3, 0.4) is 0 Å². The van der Waals surface area contributed by atoms with Crippen LogP contribution in [-0.4, -0.2) is 62.7 Å². The summed E-state index contributed by atoms with van der Waals surface area (Å²) in [5, 5.41) is 6.08. The quantitative estimate of drug-likeness (QED) is 0.694. The van der Waals surface area contributed by atoms with Crippen molar-refractivity contribution >= 4 is 27.6 Å². The van der Waals surface area contributed by atoms with Crippen LogP contribution < -0.4 is 5.32 Å². The van der Waals surface area contributed by atoms with Gasteiger partial charge in [-0.1, -0.05) is 5.16 Å². The fourth-order valence-electron chi connectivity index (χ4n) is 2.51. The molecule has 1 aliphatic rings. The fourth-order valence-corrected chi connectivity index (χ4v) is 3.91. The van der Waals surface area contributed by atoms with E-state index in [1.807, 2.05) is 0 Å². The standard InChI is InChI=1S/C17H19N3O7S/c1-12-10-15(27-19-12)17(22)26-11-16(21)18-13-2-4-14(5-3-13)28(23,24)20-6-8-25-9-7-20/h2-5,10H,6-9,11H2,1H3,(H,18,21). The Kier molecular flexibility index (Phi) is 6.07. The molecular weight excluding hydrogens is 390 g/mol. The third-order valence-corrected chi connectivity index (χ3v) is 5.82.